The zero-order valence-corrected chi connectivity index (χ0v) is 13.8. The van der Waals surface area contributed by atoms with Gasteiger partial charge in [-0.2, -0.15) is 5.10 Å². The molecule has 2 heterocycles. The van der Waals surface area contributed by atoms with Crippen molar-refractivity contribution < 1.29 is 9.50 Å². The van der Waals surface area contributed by atoms with Crippen molar-refractivity contribution in [3.05, 3.63) is 46.2 Å². The van der Waals surface area contributed by atoms with Crippen LogP contribution in [-0.2, 0) is 12.1 Å². The number of nitrogens with zero attached hydrogens (tertiary/aromatic N) is 4. The fourth-order valence-corrected chi connectivity index (χ4v) is 2.78. The standard InChI is InChI=1S/C14H18BrFN4O/c1-14(21,12-5-4-10(16)8-17-12)13-11(15)9-18-20(13)7-6-19(2)3/h4-5,8-9,21H,6-7H2,1-3H3. The van der Waals surface area contributed by atoms with E-state index < -0.39 is 11.4 Å². The normalized spacial score (nSPS) is 14.4. The Bertz CT molecular complexity index is 610. The van der Waals surface area contributed by atoms with Gasteiger partial charge in [0.15, 0.2) is 0 Å². The number of likely N-dealkylation sites (N-methyl/N-ethyl adjacent to an activating group) is 1. The molecule has 0 spiro atoms. The van der Waals surface area contributed by atoms with Crippen LogP contribution in [0, 0.1) is 5.82 Å². The fraction of sp³-hybridized carbons (Fsp3) is 0.429. The zero-order valence-electron chi connectivity index (χ0n) is 12.2. The first-order valence-electron chi connectivity index (χ1n) is 6.53. The quantitative estimate of drug-likeness (QED) is 0.890. The highest BCUT2D eigenvalue weighted by Crippen LogP contribution is 2.33. The number of hydrogen-bond acceptors (Lipinski definition) is 4. The first kappa shape index (κ1) is 16.1. The Hall–Kier alpha value is -1.31. The van der Waals surface area contributed by atoms with Gasteiger partial charge in [0.05, 0.1) is 34.8 Å². The maximum absolute atomic E-state index is 13.0. The van der Waals surface area contributed by atoms with Crippen molar-refractivity contribution in [3.8, 4) is 0 Å². The molecule has 7 heteroatoms. The molecule has 0 aliphatic carbocycles. The van der Waals surface area contributed by atoms with Crippen molar-refractivity contribution in [2.75, 3.05) is 20.6 Å². The van der Waals surface area contributed by atoms with Crippen LogP contribution in [0.25, 0.3) is 0 Å². The van der Waals surface area contributed by atoms with Crippen molar-refractivity contribution >= 4 is 15.9 Å². The molecular weight excluding hydrogens is 339 g/mol. The summed E-state index contributed by atoms with van der Waals surface area (Å²) in [6, 6.07) is 2.76. The van der Waals surface area contributed by atoms with Gasteiger partial charge in [-0.1, -0.05) is 0 Å². The fourth-order valence-electron chi connectivity index (χ4n) is 2.10. The zero-order chi connectivity index (χ0) is 15.6. The van der Waals surface area contributed by atoms with Crippen LogP contribution in [0.4, 0.5) is 4.39 Å². The molecule has 2 rings (SSSR count). The van der Waals surface area contributed by atoms with Crippen molar-refractivity contribution in [1.82, 2.24) is 19.7 Å². The topological polar surface area (TPSA) is 54.2 Å². The molecule has 0 aromatic carbocycles. The Morgan fingerprint density at radius 1 is 1.38 bits per heavy atom. The van der Waals surface area contributed by atoms with Gasteiger partial charge in [0.2, 0.25) is 0 Å². The maximum atomic E-state index is 13.0. The minimum atomic E-state index is -1.37. The predicted molar refractivity (Wildman–Crippen MR) is 81.3 cm³/mol. The lowest BCUT2D eigenvalue weighted by molar-refractivity contribution is 0.0853. The minimum absolute atomic E-state index is 0.371. The van der Waals surface area contributed by atoms with Crippen LogP contribution in [0.5, 0.6) is 0 Å². The predicted octanol–water partition coefficient (Wildman–Crippen LogP) is 2.00. The summed E-state index contributed by atoms with van der Waals surface area (Å²) in [7, 11) is 3.94. The lowest BCUT2D eigenvalue weighted by Gasteiger charge is -2.25. The van der Waals surface area contributed by atoms with E-state index in [-0.39, 0.29) is 0 Å². The van der Waals surface area contributed by atoms with Gasteiger partial charge in [-0.25, -0.2) is 4.39 Å². The van der Waals surface area contributed by atoms with Crippen molar-refractivity contribution in [2.24, 2.45) is 0 Å². The van der Waals surface area contributed by atoms with Gasteiger partial charge in [-0.05, 0) is 49.1 Å². The van der Waals surface area contributed by atoms with Crippen LogP contribution in [-0.4, -0.2) is 45.4 Å². The first-order chi connectivity index (χ1) is 9.82. The summed E-state index contributed by atoms with van der Waals surface area (Å²) in [5.74, 6) is -0.435. The number of aromatic nitrogens is 3. The Morgan fingerprint density at radius 2 is 2.10 bits per heavy atom. The lowest BCUT2D eigenvalue weighted by Crippen LogP contribution is -2.30. The van der Waals surface area contributed by atoms with E-state index in [1.165, 1.54) is 12.1 Å². The molecule has 1 N–H and O–H groups in total. The molecule has 0 bridgehead atoms. The molecule has 1 atom stereocenters. The first-order valence-corrected chi connectivity index (χ1v) is 7.32. The van der Waals surface area contributed by atoms with Crippen LogP contribution >= 0.6 is 15.9 Å². The lowest BCUT2D eigenvalue weighted by atomic mass is 9.97. The van der Waals surface area contributed by atoms with Gasteiger partial charge < -0.3 is 10.0 Å². The number of rotatable bonds is 5. The van der Waals surface area contributed by atoms with Crippen LogP contribution in [0.15, 0.2) is 29.0 Å². The number of pyridine rings is 1. The molecule has 0 aliphatic rings. The van der Waals surface area contributed by atoms with E-state index in [0.29, 0.717) is 22.4 Å². The Labute approximate surface area is 131 Å². The molecule has 0 aliphatic heterocycles. The second-order valence-electron chi connectivity index (χ2n) is 5.30. The highest BCUT2D eigenvalue weighted by Gasteiger charge is 2.33. The number of halogens is 2. The van der Waals surface area contributed by atoms with Gasteiger partial charge in [0.1, 0.15) is 11.4 Å². The molecule has 2 aromatic rings. The summed E-state index contributed by atoms with van der Waals surface area (Å²) in [6.07, 6.45) is 2.74. The molecule has 114 valence electrons. The smallest absolute Gasteiger partial charge is 0.146 e. The molecule has 2 aromatic heterocycles. The molecule has 1 unspecified atom stereocenters. The highest BCUT2D eigenvalue weighted by molar-refractivity contribution is 9.10. The summed E-state index contributed by atoms with van der Waals surface area (Å²) in [5.41, 5.74) is -0.394. The van der Waals surface area contributed by atoms with E-state index in [2.05, 4.69) is 26.0 Å². The monoisotopic (exact) mass is 356 g/mol. The molecule has 0 radical (unpaired) electrons. The third kappa shape index (κ3) is 3.48. The van der Waals surface area contributed by atoms with Crippen molar-refractivity contribution in [1.29, 1.82) is 0 Å². The Balaban J connectivity index is 2.39. The third-order valence-corrected chi connectivity index (χ3v) is 3.82. The third-order valence-electron chi connectivity index (χ3n) is 3.24. The summed E-state index contributed by atoms with van der Waals surface area (Å²) < 4.78 is 15.4. The molecule has 21 heavy (non-hydrogen) atoms. The Kier molecular flexibility index (Phi) is 4.75. The van der Waals surface area contributed by atoms with Crippen LogP contribution in [0.2, 0.25) is 0 Å². The molecule has 5 nitrogen and oxygen atoms in total. The van der Waals surface area contributed by atoms with E-state index in [4.69, 9.17) is 0 Å². The SMILES string of the molecule is CN(C)CCn1ncc(Br)c1C(C)(O)c1ccc(F)cn1. The number of aliphatic hydroxyl groups is 1. The average molecular weight is 357 g/mol. The van der Waals surface area contributed by atoms with E-state index >= 15 is 0 Å². The van der Waals surface area contributed by atoms with Gasteiger partial charge in [0.25, 0.3) is 0 Å². The second kappa shape index (κ2) is 6.21. The number of hydrogen-bond donors (Lipinski definition) is 1. The van der Waals surface area contributed by atoms with Gasteiger partial charge in [0, 0.05) is 6.54 Å². The largest absolute Gasteiger partial charge is 0.377 e. The minimum Gasteiger partial charge on any atom is -0.377 e. The summed E-state index contributed by atoms with van der Waals surface area (Å²) >= 11 is 3.41. The molecule has 0 amide bonds. The average Bonchev–Trinajstić information content (AvgIpc) is 2.78. The van der Waals surface area contributed by atoms with E-state index in [9.17, 15) is 9.50 Å². The van der Waals surface area contributed by atoms with Crippen LogP contribution in [0.1, 0.15) is 18.3 Å². The van der Waals surface area contributed by atoms with Crippen molar-refractivity contribution in [3.63, 3.8) is 0 Å². The van der Waals surface area contributed by atoms with Crippen molar-refractivity contribution in [2.45, 2.75) is 19.1 Å². The molecule has 0 saturated carbocycles. The van der Waals surface area contributed by atoms with Gasteiger partial charge in [-0.3, -0.25) is 9.67 Å². The summed E-state index contributed by atoms with van der Waals surface area (Å²) in [6.45, 7) is 3.04. The van der Waals surface area contributed by atoms with E-state index in [1.54, 1.807) is 17.8 Å². The van der Waals surface area contributed by atoms with Gasteiger partial charge >= 0.3 is 0 Å². The Morgan fingerprint density at radius 3 is 2.67 bits per heavy atom. The summed E-state index contributed by atoms with van der Waals surface area (Å²) in [4.78, 5) is 6.02. The maximum Gasteiger partial charge on any atom is 0.146 e. The highest BCUT2D eigenvalue weighted by atomic mass is 79.9. The van der Waals surface area contributed by atoms with E-state index in [1.807, 2.05) is 19.0 Å². The molecule has 0 saturated heterocycles. The van der Waals surface area contributed by atoms with Crippen LogP contribution < -0.4 is 0 Å². The summed E-state index contributed by atoms with van der Waals surface area (Å²) in [5, 5.41) is 15.2. The molecule has 0 fully saturated rings. The van der Waals surface area contributed by atoms with Gasteiger partial charge in [-0.15, -0.1) is 0 Å². The second-order valence-corrected chi connectivity index (χ2v) is 6.16. The van der Waals surface area contributed by atoms with Crippen LogP contribution in [0.3, 0.4) is 0 Å². The molecular formula is C14H18BrFN4O. The van der Waals surface area contributed by atoms with E-state index in [0.717, 1.165) is 12.7 Å².